The maximum Gasteiger partial charge on any atom is 0.240 e. The van der Waals surface area contributed by atoms with E-state index in [1.807, 2.05) is 19.1 Å². The summed E-state index contributed by atoms with van der Waals surface area (Å²) in [6.45, 7) is 6.27. The summed E-state index contributed by atoms with van der Waals surface area (Å²) >= 11 is 0. The van der Waals surface area contributed by atoms with Crippen LogP contribution in [0.15, 0.2) is 70.8 Å². The van der Waals surface area contributed by atoms with Crippen LogP contribution in [-0.2, 0) is 10.0 Å². The number of rotatable bonds is 8. The molecule has 2 heterocycles. The van der Waals surface area contributed by atoms with Crippen LogP contribution in [0.2, 0.25) is 0 Å². The molecule has 3 aromatic rings. The second-order valence-electron chi connectivity index (χ2n) is 8.15. The number of benzene rings is 2. The molecule has 0 radical (unpaired) electrons. The van der Waals surface area contributed by atoms with Gasteiger partial charge in [-0.25, -0.2) is 13.1 Å². The Morgan fingerprint density at radius 3 is 2.84 bits per heavy atom. The van der Waals surface area contributed by atoms with Crippen LogP contribution in [0.4, 0.5) is 0 Å². The van der Waals surface area contributed by atoms with Gasteiger partial charge in [-0.1, -0.05) is 36.8 Å². The van der Waals surface area contributed by atoms with E-state index < -0.39 is 10.0 Å². The number of hydrogen-bond acceptors (Lipinski definition) is 5. The van der Waals surface area contributed by atoms with Crippen LogP contribution in [0, 0.1) is 5.92 Å². The highest BCUT2D eigenvalue weighted by Crippen LogP contribution is 2.18. The van der Waals surface area contributed by atoms with Crippen molar-refractivity contribution in [2.75, 3.05) is 19.6 Å². The largest absolute Gasteiger partial charge is 0.315 e. The molecule has 162 valence electrons. The predicted octanol–water partition coefficient (Wildman–Crippen LogP) is 2.00. The molecular weight excluding hydrogens is 408 g/mol. The molecule has 0 bridgehead atoms. The minimum atomic E-state index is -3.59. The molecule has 0 fully saturated rings. The average Bonchev–Trinajstić information content (AvgIpc) is 2.77. The lowest BCUT2D eigenvalue weighted by atomic mass is 9.93. The van der Waals surface area contributed by atoms with Gasteiger partial charge in [-0.2, -0.15) is 0 Å². The monoisotopic (exact) mass is 436 g/mol. The maximum atomic E-state index is 12.8. The third-order valence-electron chi connectivity index (χ3n) is 5.68. The van der Waals surface area contributed by atoms with Gasteiger partial charge in [-0.15, -0.1) is 0 Å². The Balaban J connectivity index is 1.35. The van der Waals surface area contributed by atoms with Gasteiger partial charge in [0.25, 0.3) is 0 Å². The predicted molar refractivity (Wildman–Crippen MR) is 124 cm³/mol. The highest BCUT2D eigenvalue weighted by molar-refractivity contribution is 7.89. The SMILES string of the molecule is CC1CN=c2ccccc2=C1CCNC[C@@H](C)NS(=O)(=O)c1ccc2cnccc2c1. The number of aromatic nitrogens is 1. The minimum absolute atomic E-state index is 0.228. The Bertz CT molecular complexity index is 1300. The van der Waals surface area contributed by atoms with E-state index in [0.29, 0.717) is 12.5 Å². The Morgan fingerprint density at radius 2 is 1.97 bits per heavy atom. The summed E-state index contributed by atoms with van der Waals surface area (Å²) in [5, 5.41) is 7.48. The quantitative estimate of drug-likeness (QED) is 0.529. The van der Waals surface area contributed by atoms with Crippen molar-refractivity contribution in [3.63, 3.8) is 0 Å². The standard InChI is InChI=1S/C24H28N4O2S/c1-17-14-27-24-6-4-3-5-23(24)22(17)10-12-25-15-18(2)28-31(29,30)21-8-7-20-16-26-11-9-19(20)13-21/h3-9,11,13,16-18,25,28H,10,12,14-15H2,1-2H3/t17?,18-/m1/s1. The van der Waals surface area contributed by atoms with Crippen LogP contribution in [0.1, 0.15) is 20.3 Å². The van der Waals surface area contributed by atoms with E-state index in [1.54, 1.807) is 30.6 Å². The first kappa shape index (κ1) is 21.6. The second kappa shape index (κ2) is 9.26. The molecule has 0 amide bonds. The first-order valence-corrected chi connectivity index (χ1v) is 12.1. The molecule has 0 saturated carbocycles. The third-order valence-corrected chi connectivity index (χ3v) is 7.27. The fourth-order valence-corrected chi connectivity index (χ4v) is 5.30. The van der Waals surface area contributed by atoms with Gasteiger partial charge in [0, 0.05) is 36.9 Å². The van der Waals surface area contributed by atoms with E-state index in [1.165, 1.54) is 10.8 Å². The van der Waals surface area contributed by atoms with Crippen LogP contribution < -0.4 is 20.6 Å². The number of fused-ring (bicyclic) bond motifs is 2. The highest BCUT2D eigenvalue weighted by atomic mass is 32.2. The van der Waals surface area contributed by atoms with Crippen LogP contribution in [0.5, 0.6) is 0 Å². The molecule has 1 aliphatic rings. The first-order valence-electron chi connectivity index (χ1n) is 10.6. The van der Waals surface area contributed by atoms with Gasteiger partial charge in [0.1, 0.15) is 0 Å². The van der Waals surface area contributed by atoms with E-state index in [-0.39, 0.29) is 10.9 Å². The van der Waals surface area contributed by atoms with E-state index in [4.69, 9.17) is 0 Å². The fraction of sp³-hybridized carbons (Fsp3) is 0.333. The summed E-state index contributed by atoms with van der Waals surface area (Å²) in [4.78, 5) is 8.98. The van der Waals surface area contributed by atoms with Crippen molar-refractivity contribution >= 4 is 26.4 Å². The number of sulfonamides is 1. The minimum Gasteiger partial charge on any atom is -0.315 e. The van der Waals surface area contributed by atoms with E-state index in [0.717, 1.165) is 35.6 Å². The summed E-state index contributed by atoms with van der Waals surface area (Å²) < 4.78 is 28.3. The molecule has 1 unspecified atom stereocenters. The Hall–Kier alpha value is -2.61. The lowest BCUT2D eigenvalue weighted by Crippen LogP contribution is -2.40. The molecule has 2 atom stereocenters. The number of nitrogens with one attached hydrogen (secondary N) is 2. The summed E-state index contributed by atoms with van der Waals surface area (Å²) in [5.74, 6) is 0.427. The molecule has 0 spiro atoms. The Labute approximate surface area is 183 Å². The molecule has 6 nitrogen and oxygen atoms in total. The van der Waals surface area contributed by atoms with Crippen molar-refractivity contribution in [3.8, 4) is 0 Å². The summed E-state index contributed by atoms with van der Waals surface area (Å²) in [6.07, 6.45) is 4.31. The van der Waals surface area contributed by atoms with Gasteiger partial charge in [0.05, 0.1) is 10.3 Å². The molecular formula is C24H28N4O2S. The molecule has 31 heavy (non-hydrogen) atoms. The van der Waals surface area contributed by atoms with Crippen LogP contribution in [-0.4, -0.2) is 39.1 Å². The molecule has 7 heteroatoms. The van der Waals surface area contributed by atoms with Crippen LogP contribution in [0.25, 0.3) is 16.3 Å². The van der Waals surface area contributed by atoms with E-state index in [2.05, 4.69) is 45.1 Å². The third kappa shape index (κ3) is 5.01. The molecule has 1 aromatic heterocycles. The lowest BCUT2D eigenvalue weighted by molar-refractivity contribution is 0.536. The molecule has 2 aromatic carbocycles. The Morgan fingerprint density at radius 1 is 1.13 bits per heavy atom. The number of para-hydroxylation sites is 1. The molecule has 0 saturated heterocycles. The zero-order valence-electron chi connectivity index (χ0n) is 17.9. The topological polar surface area (TPSA) is 83.5 Å². The first-order chi connectivity index (χ1) is 14.9. The van der Waals surface area contributed by atoms with Crippen molar-refractivity contribution < 1.29 is 8.42 Å². The number of nitrogens with zero attached hydrogens (tertiary/aromatic N) is 2. The lowest BCUT2D eigenvalue weighted by Gasteiger charge is -2.19. The normalized spacial score (nSPS) is 17.2. The van der Waals surface area contributed by atoms with Crippen LogP contribution >= 0.6 is 0 Å². The number of hydrogen-bond donors (Lipinski definition) is 2. The van der Waals surface area contributed by atoms with Crippen molar-refractivity contribution in [1.82, 2.24) is 15.0 Å². The average molecular weight is 437 g/mol. The van der Waals surface area contributed by atoms with Crippen molar-refractivity contribution in [2.24, 2.45) is 10.9 Å². The van der Waals surface area contributed by atoms with Crippen LogP contribution in [0.3, 0.4) is 0 Å². The zero-order chi connectivity index (χ0) is 21.8. The number of pyridine rings is 1. The van der Waals surface area contributed by atoms with E-state index in [9.17, 15) is 8.42 Å². The summed E-state index contributed by atoms with van der Waals surface area (Å²) in [6, 6.07) is 15.0. The molecule has 4 rings (SSSR count). The zero-order valence-corrected chi connectivity index (χ0v) is 18.7. The van der Waals surface area contributed by atoms with Gasteiger partial charge >= 0.3 is 0 Å². The molecule has 0 aliphatic carbocycles. The van der Waals surface area contributed by atoms with Gasteiger partial charge in [-0.05, 0) is 60.7 Å². The van der Waals surface area contributed by atoms with Gasteiger partial charge in [0.2, 0.25) is 10.0 Å². The summed E-state index contributed by atoms with van der Waals surface area (Å²) in [5.41, 5.74) is 1.41. The van der Waals surface area contributed by atoms with Gasteiger partial charge in [0.15, 0.2) is 0 Å². The van der Waals surface area contributed by atoms with Gasteiger partial charge < -0.3 is 5.32 Å². The molecule has 1 aliphatic heterocycles. The summed E-state index contributed by atoms with van der Waals surface area (Å²) in [7, 11) is -3.59. The van der Waals surface area contributed by atoms with E-state index >= 15 is 0 Å². The van der Waals surface area contributed by atoms with Crippen molar-refractivity contribution in [3.05, 3.63) is 71.5 Å². The van der Waals surface area contributed by atoms with Crippen molar-refractivity contribution in [2.45, 2.75) is 31.2 Å². The van der Waals surface area contributed by atoms with Gasteiger partial charge in [-0.3, -0.25) is 9.98 Å². The molecule has 2 N–H and O–H groups in total. The fourth-order valence-electron chi connectivity index (χ4n) is 4.02. The second-order valence-corrected chi connectivity index (χ2v) is 9.86. The smallest absolute Gasteiger partial charge is 0.240 e. The maximum absolute atomic E-state index is 12.8. The highest BCUT2D eigenvalue weighted by Gasteiger charge is 2.18. The van der Waals surface area contributed by atoms with Crippen molar-refractivity contribution in [1.29, 1.82) is 0 Å². The Kier molecular flexibility index (Phi) is 6.46.